The van der Waals surface area contributed by atoms with Gasteiger partial charge in [0.15, 0.2) is 0 Å². The van der Waals surface area contributed by atoms with Crippen molar-refractivity contribution in [3.8, 4) is 12.3 Å². The number of nitrogens with zero attached hydrogens (tertiary/aromatic N) is 1. The van der Waals surface area contributed by atoms with Crippen LogP contribution in [0.15, 0.2) is 16.6 Å². The number of nitrogens with one attached hydrogen (secondary N) is 1. The molecule has 1 unspecified atom stereocenters. The summed E-state index contributed by atoms with van der Waals surface area (Å²) in [4.78, 5) is 4.37. The fourth-order valence-corrected chi connectivity index (χ4v) is 1.33. The van der Waals surface area contributed by atoms with Gasteiger partial charge in [-0.15, -0.1) is 12.3 Å². The van der Waals surface area contributed by atoms with E-state index in [0.717, 1.165) is 16.0 Å². The van der Waals surface area contributed by atoms with E-state index in [4.69, 9.17) is 6.42 Å². The van der Waals surface area contributed by atoms with E-state index in [-0.39, 0.29) is 6.04 Å². The van der Waals surface area contributed by atoms with E-state index < -0.39 is 0 Å². The quantitative estimate of drug-likeness (QED) is 0.837. The minimum Gasteiger partial charge on any atom is -0.367 e. The molecule has 1 N–H and O–H groups in total. The Morgan fingerprint density at radius 2 is 2.36 bits per heavy atom. The predicted molar refractivity (Wildman–Crippen MR) is 63.2 cm³/mol. The number of terminal acetylenes is 1. The van der Waals surface area contributed by atoms with Crippen LogP contribution in [0.25, 0.3) is 0 Å². The average Bonchev–Trinajstić information content (AvgIpc) is 2.12. The van der Waals surface area contributed by atoms with Crippen LogP contribution in [0.1, 0.15) is 19.0 Å². The molecule has 1 aromatic rings. The molecule has 0 bridgehead atoms. The molecule has 0 saturated carbocycles. The van der Waals surface area contributed by atoms with Crippen molar-refractivity contribution in [2.45, 2.75) is 26.3 Å². The molecule has 0 aliphatic heterocycles. The molecule has 1 atom stereocenters. The van der Waals surface area contributed by atoms with Crippen LogP contribution in [0.5, 0.6) is 0 Å². The van der Waals surface area contributed by atoms with Crippen LogP contribution < -0.4 is 5.32 Å². The molecule has 0 fully saturated rings. The molecule has 0 aliphatic carbocycles. The van der Waals surface area contributed by atoms with E-state index in [2.05, 4.69) is 32.2 Å². The van der Waals surface area contributed by atoms with Crippen LogP contribution >= 0.6 is 15.9 Å². The summed E-state index contributed by atoms with van der Waals surface area (Å²) in [5.41, 5.74) is 0.975. The minimum absolute atomic E-state index is 0.257. The maximum absolute atomic E-state index is 5.22. The van der Waals surface area contributed by atoms with E-state index in [1.54, 1.807) is 0 Å². The minimum atomic E-state index is 0.257. The van der Waals surface area contributed by atoms with Gasteiger partial charge in [-0.05, 0) is 41.9 Å². The van der Waals surface area contributed by atoms with Crippen molar-refractivity contribution in [3.05, 3.63) is 22.3 Å². The number of aromatic nitrogens is 1. The van der Waals surface area contributed by atoms with Crippen molar-refractivity contribution in [1.29, 1.82) is 0 Å². The number of hydrogen-bond acceptors (Lipinski definition) is 2. The third kappa shape index (κ3) is 3.04. The van der Waals surface area contributed by atoms with E-state index in [1.807, 2.05) is 26.0 Å². The van der Waals surface area contributed by atoms with Crippen molar-refractivity contribution in [2.75, 3.05) is 5.32 Å². The number of pyridine rings is 1. The first-order valence-electron chi connectivity index (χ1n) is 4.46. The van der Waals surface area contributed by atoms with Crippen LogP contribution in [0.4, 0.5) is 5.82 Å². The van der Waals surface area contributed by atoms with Gasteiger partial charge >= 0.3 is 0 Å². The fourth-order valence-electron chi connectivity index (χ4n) is 1.10. The summed E-state index contributed by atoms with van der Waals surface area (Å²) in [6.07, 6.45) is 5.92. The molecule has 1 heterocycles. The summed E-state index contributed by atoms with van der Waals surface area (Å²) < 4.78 is 1.02. The van der Waals surface area contributed by atoms with Crippen LogP contribution in [0.3, 0.4) is 0 Å². The van der Waals surface area contributed by atoms with Crippen LogP contribution in [0.2, 0.25) is 0 Å². The summed E-state index contributed by atoms with van der Waals surface area (Å²) >= 11 is 3.40. The van der Waals surface area contributed by atoms with E-state index in [0.29, 0.717) is 6.42 Å². The standard InChI is InChI=1S/C11H13BrN2/c1-4-5-8(2)13-11-7-6-10(12)9(3)14-11/h1,6-8H,5H2,2-3H3,(H,13,14). The molecule has 0 spiro atoms. The Morgan fingerprint density at radius 1 is 1.64 bits per heavy atom. The third-order valence-corrected chi connectivity index (χ3v) is 2.68. The summed E-state index contributed by atoms with van der Waals surface area (Å²) in [6.45, 7) is 4.00. The maximum Gasteiger partial charge on any atom is 0.126 e. The van der Waals surface area contributed by atoms with E-state index >= 15 is 0 Å². The molecule has 2 nitrogen and oxygen atoms in total. The van der Waals surface area contributed by atoms with Gasteiger partial charge in [-0.2, -0.15) is 0 Å². The summed E-state index contributed by atoms with van der Waals surface area (Å²) in [6, 6.07) is 4.17. The number of aryl methyl sites for hydroxylation is 1. The first-order chi connectivity index (χ1) is 6.63. The highest BCUT2D eigenvalue weighted by Gasteiger charge is 2.02. The zero-order valence-electron chi connectivity index (χ0n) is 8.34. The van der Waals surface area contributed by atoms with Crippen molar-refractivity contribution >= 4 is 21.7 Å². The third-order valence-electron chi connectivity index (χ3n) is 1.84. The lowest BCUT2D eigenvalue weighted by atomic mass is 10.2. The zero-order chi connectivity index (χ0) is 10.6. The summed E-state index contributed by atoms with van der Waals surface area (Å²) in [5, 5.41) is 3.24. The molecule has 74 valence electrons. The summed E-state index contributed by atoms with van der Waals surface area (Å²) in [7, 11) is 0. The Labute approximate surface area is 93.3 Å². The second-order valence-electron chi connectivity index (χ2n) is 3.22. The molecule has 0 amide bonds. The molecule has 3 heteroatoms. The molecule has 1 rings (SSSR count). The molecular formula is C11H13BrN2. The highest BCUT2D eigenvalue weighted by Crippen LogP contribution is 2.16. The van der Waals surface area contributed by atoms with Gasteiger partial charge < -0.3 is 5.32 Å². The largest absolute Gasteiger partial charge is 0.367 e. The van der Waals surface area contributed by atoms with E-state index in [9.17, 15) is 0 Å². The number of hydrogen-bond donors (Lipinski definition) is 1. The molecule has 1 aromatic heterocycles. The molecule has 0 aliphatic rings. The highest BCUT2D eigenvalue weighted by molar-refractivity contribution is 9.10. The van der Waals surface area contributed by atoms with Gasteiger partial charge in [0.25, 0.3) is 0 Å². The number of halogens is 1. The van der Waals surface area contributed by atoms with Gasteiger partial charge in [-0.3, -0.25) is 0 Å². The van der Waals surface area contributed by atoms with E-state index in [1.165, 1.54) is 0 Å². The molecule has 0 radical (unpaired) electrons. The van der Waals surface area contributed by atoms with Gasteiger partial charge in [0.2, 0.25) is 0 Å². The highest BCUT2D eigenvalue weighted by atomic mass is 79.9. The van der Waals surface area contributed by atoms with Gasteiger partial charge in [0.1, 0.15) is 5.82 Å². The molecule has 14 heavy (non-hydrogen) atoms. The first kappa shape index (κ1) is 11.1. The lowest BCUT2D eigenvalue weighted by Crippen LogP contribution is -2.15. The van der Waals surface area contributed by atoms with Crippen LogP contribution in [-0.2, 0) is 0 Å². The Morgan fingerprint density at radius 3 is 2.93 bits per heavy atom. The van der Waals surface area contributed by atoms with Crippen molar-refractivity contribution < 1.29 is 0 Å². The molecule has 0 aromatic carbocycles. The lowest BCUT2D eigenvalue weighted by molar-refractivity contribution is 0.820. The van der Waals surface area contributed by atoms with Crippen molar-refractivity contribution in [2.24, 2.45) is 0 Å². The smallest absolute Gasteiger partial charge is 0.126 e. The number of rotatable bonds is 3. The van der Waals surface area contributed by atoms with Crippen LogP contribution in [0, 0.1) is 19.3 Å². The first-order valence-corrected chi connectivity index (χ1v) is 5.26. The van der Waals surface area contributed by atoms with Gasteiger partial charge in [0, 0.05) is 16.9 Å². The normalized spacial score (nSPS) is 11.9. The predicted octanol–water partition coefficient (Wildman–Crippen LogP) is 2.98. The fraction of sp³-hybridized carbons (Fsp3) is 0.364. The SMILES string of the molecule is C#CCC(C)Nc1ccc(Br)c(C)n1. The molecule has 0 saturated heterocycles. The van der Waals surface area contributed by atoms with Gasteiger partial charge in [0.05, 0.1) is 5.69 Å². The maximum atomic E-state index is 5.22. The lowest BCUT2D eigenvalue weighted by Gasteiger charge is -2.12. The van der Waals surface area contributed by atoms with Gasteiger partial charge in [-0.25, -0.2) is 4.98 Å². The molecular weight excluding hydrogens is 240 g/mol. The summed E-state index contributed by atoms with van der Waals surface area (Å²) in [5.74, 6) is 3.48. The Bertz CT molecular complexity index is 355. The van der Waals surface area contributed by atoms with Crippen LogP contribution in [-0.4, -0.2) is 11.0 Å². The van der Waals surface area contributed by atoms with Crippen molar-refractivity contribution in [1.82, 2.24) is 4.98 Å². The monoisotopic (exact) mass is 252 g/mol. The zero-order valence-corrected chi connectivity index (χ0v) is 9.93. The van der Waals surface area contributed by atoms with Crippen molar-refractivity contribution in [3.63, 3.8) is 0 Å². The Hall–Kier alpha value is -1.01. The van der Waals surface area contributed by atoms with Gasteiger partial charge in [-0.1, -0.05) is 0 Å². The Balaban J connectivity index is 2.69. The Kier molecular flexibility index (Phi) is 3.97. The second kappa shape index (κ2) is 5.02. The average molecular weight is 253 g/mol. The topological polar surface area (TPSA) is 24.9 Å². The second-order valence-corrected chi connectivity index (χ2v) is 4.07. The number of anilines is 1.